The molecule has 0 fully saturated rings. The van der Waals surface area contributed by atoms with Crippen LogP contribution in [0.5, 0.6) is 0 Å². The van der Waals surface area contributed by atoms with Crippen LogP contribution in [0.4, 0.5) is 5.69 Å². The Bertz CT molecular complexity index is 975. The maximum atomic E-state index is 12.2. The van der Waals surface area contributed by atoms with Gasteiger partial charge in [-0.2, -0.15) is 0 Å². The van der Waals surface area contributed by atoms with Crippen LogP contribution in [0.15, 0.2) is 51.8 Å². The molecule has 0 heterocycles. The molecule has 0 saturated heterocycles. The molecule has 0 unspecified atom stereocenters. The van der Waals surface area contributed by atoms with E-state index in [9.17, 15) is 18.0 Å². The highest BCUT2D eigenvalue weighted by atomic mass is 79.9. The molecule has 0 radical (unpaired) electrons. The number of nitrogens with one attached hydrogen (secondary N) is 2. The van der Waals surface area contributed by atoms with Gasteiger partial charge in [-0.15, -0.1) is 0 Å². The van der Waals surface area contributed by atoms with E-state index in [4.69, 9.17) is 4.74 Å². The van der Waals surface area contributed by atoms with Crippen LogP contribution in [0, 0.1) is 6.92 Å². The van der Waals surface area contributed by atoms with Gasteiger partial charge in [0.15, 0.2) is 9.84 Å². The van der Waals surface area contributed by atoms with Gasteiger partial charge in [0.25, 0.3) is 5.91 Å². The predicted molar refractivity (Wildman–Crippen MR) is 115 cm³/mol. The third-order valence-corrected chi connectivity index (χ3v) is 6.33. The van der Waals surface area contributed by atoms with Crippen LogP contribution in [0.2, 0.25) is 0 Å². The van der Waals surface area contributed by atoms with Crippen molar-refractivity contribution >= 4 is 43.3 Å². The number of ether oxygens (including phenoxy) is 1. The lowest BCUT2D eigenvalue weighted by atomic mass is 10.2. The molecule has 2 N–H and O–H groups in total. The molecule has 29 heavy (non-hydrogen) atoms. The SMILES string of the molecule is COCCS(=O)(=O)c1ccc(C(=O)NCCC(=O)Nc2cc(Br)ccc2C)cc1. The van der Waals surface area contributed by atoms with Crippen LogP contribution in [0.25, 0.3) is 0 Å². The molecule has 9 heteroatoms. The number of aryl methyl sites for hydroxylation is 1. The minimum Gasteiger partial charge on any atom is -0.384 e. The number of methoxy groups -OCH3 is 1. The molecule has 2 aromatic rings. The van der Waals surface area contributed by atoms with E-state index < -0.39 is 9.84 Å². The van der Waals surface area contributed by atoms with Crippen LogP contribution in [0.3, 0.4) is 0 Å². The van der Waals surface area contributed by atoms with Crippen LogP contribution >= 0.6 is 15.9 Å². The minimum atomic E-state index is -3.44. The van der Waals surface area contributed by atoms with Crippen molar-refractivity contribution < 1.29 is 22.7 Å². The number of halogens is 1. The van der Waals surface area contributed by atoms with Gasteiger partial charge in [0, 0.05) is 35.8 Å². The largest absolute Gasteiger partial charge is 0.384 e. The van der Waals surface area contributed by atoms with Crippen molar-refractivity contribution in [1.29, 1.82) is 0 Å². The topological polar surface area (TPSA) is 102 Å². The van der Waals surface area contributed by atoms with E-state index in [2.05, 4.69) is 26.6 Å². The molecule has 156 valence electrons. The second-order valence-corrected chi connectivity index (χ2v) is 9.37. The van der Waals surface area contributed by atoms with E-state index in [0.29, 0.717) is 11.3 Å². The van der Waals surface area contributed by atoms with Crippen LogP contribution < -0.4 is 10.6 Å². The number of sulfone groups is 1. The van der Waals surface area contributed by atoms with Gasteiger partial charge in [-0.25, -0.2) is 8.42 Å². The molecule has 0 aromatic heterocycles. The van der Waals surface area contributed by atoms with Gasteiger partial charge >= 0.3 is 0 Å². The number of benzene rings is 2. The van der Waals surface area contributed by atoms with Gasteiger partial charge in [0.1, 0.15) is 0 Å². The predicted octanol–water partition coefficient (Wildman–Crippen LogP) is 2.94. The summed E-state index contributed by atoms with van der Waals surface area (Å²) in [6.45, 7) is 2.15. The fourth-order valence-corrected chi connectivity index (χ4v) is 3.99. The van der Waals surface area contributed by atoms with E-state index in [1.165, 1.54) is 31.4 Å². The Morgan fingerprint density at radius 1 is 1.10 bits per heavy atom. The van der Waals surface area contributed by atoms with E-state index in [-0.39, 0.29) is 42.0 Å². The third kappa shape index (κ3) is 6.95. The smallest absolute Gasteiger partial charge is 0.251 e. The van der Waals surface area contributed by atoms with E-state index in [1.54, 1.807) is 0 Å². The van der Waals surface area contributed by atoms with E-state index in [0.717, 1.165) is 10.0 Å². The molecule has 0 aliphatic heterocycles. The molecule has 0 atom stereocenters. The molecular formula is C20H23BrN2O5S. The van der Waals surface area contributed by atoms with Crippen LogP contribution in [-0.2, 0) is 19.4 Å². The summed E-state index contributed by atoms with van der Waals surface area (Å²) in [6, 6.07) is 11.3. The molecule has 2 amide bonds. The van der Waals surface area contributed by atoms with Gasteiger partial charge in [-0.1, -0.05) is 22.0 Å². The maximum absolute atomic E-state index is 12.2. The Labute approximate surface area is 178 Å². The van der Waals surface area contributed by atoms with Crippen molar-refractivity contribution in [3.8, 4) is 0 Å². The lowest BCUT2D eigenvalue weighted by Gasteiger charge is -2.10. The van der Waals surface area contributed by atoms with Crippen molar-refractivity contribution in [2.24, 2.45) is 0 Å². The number of amides is 2. The van der Waals surface area contributed by atoms with Crippen molar-refractivity contribution in [1.82, 2.24) is 5.32 Å². The van der Waals surface area contributed by atoms with Gasteiger partial charge in [-0.3, -0.25) is 9.59 Å². The fraction of sp³-hybridized carbons (Fsp3) is 0.300. The van der Waals surface area contributed by atoms with Gasteiger partial charge in [0.05, 0.1) is 17.3 Å². The molecule has 2 aromatic carbocycles. The average molecular weight is 483 g/mol. The second-order valence-electron chi connectivity index (χ2n) is 6.35. The number of rotatable bonds is 9. The zero-order chi connectivity index (χ0) is 21.4. The summed E-state index contributed by atoms with van der Waals surface area (Å²) in [7, 11) is -2.01. The monoisotopic (exact) mass is 482 g/mol. The summed E-state index contributed by atoms with van der Waals surface area (Å²) >= 11 is 3.36. The highest BCUT2D eigenvalue weighted by Crippen LogP contribution is 2.20. The Morgan fingerprint density at radius 2 is 1.79 bits per heavy atom. The third-order valence-electron chi connectivity index (χ3n) is 4.14. The van der Waals surface area contributed by atoms with Crippen molar-refractivity contribution in [3.05, 3.63) is 58.1 Å². The first-order chi connectivity index (χ1) is 13.7. The van der Waals surface area contributed by atoms with Crippen molar-refractivity contribution in [2.75, 3.05) is 31.3 Å². The number of hydrogen-bond acceptors (Lipinski definition) is 5. The lowest BCUT2D eigenvalue weighted by molar-refractivity contribution is -0.116. The molecule has 0 aliphatic carbocycles. The fourth-order valence-electron chi connectivity index (χ4n) is 2.46. The van der Waals surface area contributed by atoms with Crippen molar-refractivity contribution in [2.45, 2.75) is 18.2 Å². The first kappa shape index (κ1) is 23.1. The molecule has 0 saturated carbocycles. The van der Waals surface area contributed by atoms with Crippen molar-refractivity contribution in [3.63, 3.8) is 0 Å². The average Bonchev–Trinajstić information content (AvgIpc) is 2.69. The first-order valence-electron chi connectivity index (χ1n) is 8.89. The summed E-state index contributed by atoms with van der Waals surface area (Å²) in [4.78, 5) is 24.4. The zero-order valence-corrected chi connectivity index (χ0v) is 18.6. The van der Waals surface area contributed by atoms with Gasteiger partial charge in [0.2, 0.25) is 5.91 Å². The van der Waals surface area contributed by atoms with Crippen LogP contribution in [0.1, 0.15) is 22.3 Å². The summed E-state index contributed by atoms with van der Waals surface area (Å²) in [5.41, 5.74) is 1.96. The maximum Gasteiger partial charge on any atom is 0.251 e. The highest BCUT2D eigenvalue weighted by molar-refractivity contribution is 9.10. The van der Waals surface area contributed by atoms with E-state index >= 15 is 0 Å². The quantitative estimate of drug-likeness (QED) is 0.571. The number of hydrogen-bond donors (Lipinski definition) is 2. The molecule has 2 rings (SSSR count). The highest BCUT2D eigenvalue weighted by Gasteiger charge is 2.15. The standard InChI is InChI=1S/C20H23BrN2O5S/c1-14-3-6-16(21)13-18(14)23-19(24)9-10-22-20(25)15-4-7-17(8-5-15)29(26,27)12-11-28-2/h3-8,13H,9-12H2,1-2H3,(H,22,25)(H,23,24). The molecule has 7 nitrogen and oxygen atoms in total. The zero-order valence-electron chi connectivity index (χ0n) is 16.2. The Morgan fingerprint density at radius 3 is 2.45 bits per heavy atom. The van der Waals surface area contributed by atoms with E-state index in [1.807, 2.05) is 25.1 Å². The summed E-state index contributed by atoms with van der Waals surface area (Å²) in [5, 5.41) is 5.46. The number of carbonyl (C=O) groups is 2. The minimum absolute atomic E-state index is 0.103. The Balaban J connectivity index is 1.86. The molecule has 0 bridgehead atoms. The molecule has 0 spiro atoms. The van der Waals surface area contributed by atoms with Crippen LogP contribution in [-0.4, -0.2) is 46.2 Å². The van der Waals surface area contributed by atoms with Gasteiger partial charge in [-0.05, 0) is 48.9 Å². The summed E-state index contributed by atoms with van der Waals surface area (Å²) < 4.78 is 29.8. The summed E-state index contributed by atoms with van der Waals surface area (Å²) in [5.74, 6) is -0.718. The first-order valence-corrected chi connectivity index (χ1v) is 11.3. The second kappa shape index (κ2) is 10.5. The Hall–Kier alpha value is -2.23. The molecule has 0 aliphatic rings. The van der Waals surface area contributed by atoms with Gasteiger partial charge < -0.3 is 15.4 Å². The normalized spacial score (nSPS) is 11.1. The Kier molecular flexibility index (Phi) is 8.36. The number of anilines is 1. The summed E-state index contributed by atoms with van der Waals surface area (Å²) in [6.07, 6.45) is 0.112. The lowest BCUT2D eigenvalue weighted by Crippen LogP contribution is -2.27. The molecular weight excluding hydrogens is 460 g/mol. The number of carbonyl (C=O) groups excluding carboxylic acids is 2.